The monoisotopic (exact) mass is 290 g/mol. The lowest BCUT2D eigenvalue weighted by atomic mass is 10.0. The summed E-state index contributed by atoms with van der Waals surface area (Å²) in [6, 6.07) is 0. The maximum atomic E-state index is 12.2. The highest BCUT2D eigenvalue weighted by Gasteiger charge is 2.30. The average Bonchev–Trinajstić information content (AvgIpc) is 2.81. The first kappa shape index (κ1) is 14.3. The molecule has 0 aliphatic carbocycles. The third-order valence-corrected chi connectivity index (χ3v) is 4.22. The van der Waals surface area contributed by atoms with Crippen molar-refractivity contribution in [2.45, 2.75) is 26.3 Å². The molecule has 1 aromatic rings. The van der Waals surface area contributed by atoms with Gasteiger partial charge in [-0.05, 0) is 18.8 Å². The van der Waals surface area contributed by atoms with E-state index in [1.165, 1.54) is 12.8 Å². The van der Waals surface area contributed by atoms with E-state index in [9.17, 15) is 4.79 Å². The SMILES string of the molecule is COCCN1Cc2nc(N3CCCC(C)C3)ncc2C1=O. The number of carbonyl (C=O) groups is 1. The molecule has 1 fully saturated rings. The second-order valence-corrected chi connectivity index (χ2v) is 5.94. The van der Waals surface area contributed by atoms with E-state index in [0.717, 1.165) is 24.7 Å². The van der Waals surface area contributed by atoms with Crippen LogP contribution >= 0.6 is 0 Å². The van der Waals surface area contributed by atoms with Crippen LogP contribution in [0.4, 0.5) is 5.95 Å². The fourth-order valence-electron chi connectivity index (χ4n) is 3.03. The fraction of sp³-hybridized carbons (Fsp3) is 0.667. The largest absolute Gasteiger partial charge is 0.383 e. The van der Waals surface area contributed by atoms with Gasteiger partial charge in [-0.25, -0.2) is 9.97 Å². The maximum absolute atomic E-state index is 12.2. The molecule has 0 saturated carbocycles. The summed E-state index contributed by atoms with van der Waals surface area (Å²) < 4.78 is 5.04. The van der Waals surface area contributed by atoms with Crippen LogP contribution in [0.25, 0.3) is 0 Å². The van der Waals surface area contributed by atoms with Crippen molar-refractivity contribution >= 4 is 11.9 Å². The second kappa shape index (κ2) is 5.97. The Bertz CT molecular complexity index is 534. The van der Waals surface area contributed by atoms with Gasteiger partial charge in [-0.3, -0.25) is 4.79 Å². The Morgan fingerprint density at radius 1 is 1.48 bits per heavy atom. The topological polar surface area (TPSA) is 58.6 Å². The number of anilines is 1. The van der Waals surface area contributed by atoms with E-state index in [4.69, 9.17) is 4.74 Å². The Balaban J connectivity index is 1.76. The first-order chi connectivity index (χ1) is 10.2. The number of carbonyl (C=O) groups excluding carboxylic acids is 1. The number of aromatic nitrogens is 2. The van der Waals surface area contributed by atoms with Crippen molar-refractivity contribution in [1.29, 1.82) is 0 Å². The van der Waals surface area contributed by atoms with Gasteiger partial charge in [0.15, 0.2) is 0 Å². The molecule has 3 heterocycles. The van der Waals surface area contributed by atoms with Gasteiger partial charge in [-0.1, -0.05) is 6.92 Å². The van der Waals surface area contributed by atoms with Gasteiger partial charge in [-0.15, -0.1) is 0 Å². The first-order valence-corrected chi connectivity index (χ1v) is 7.58. The van der Waals surface area contributed by atoms with Gasteiger partial charge in [0.25, 0.3) is 5.91 Å². The molecule has 1 saturated heterocycles. The zero-order valence-corrected chi connectivity index (χ0v) is 12.7. The molecule has 0 radical (unpaired) electrons. The summed E-state index contributed by atoms with van der Waals surface area (Å²) in [4.78, 5) is 25.3. The smallest absolute Gasteiger partial charge is 0.257 e. The Kier molecular flexibility index (Phi) is 4.05. The molecule has 1 atom stereocenters. The summed E-state index contributed by atoms with van der Waals surface area (Å²) in [5, 5.41) is 0. The summed E-state index contributed by atoms with van der Waals surface area (Å²) >= 11 is 0. The van der Waals surface area contributed by atoms with E-state index < -0.39 is 0 Å². The van der Waals surface area contributed by atoms with Gasteiger partial charge in [0.2, 0.25) is 5.95 Å². The molecule has 3 rings (SSSR count). The molecular weight excluding hydrogens is 268 g/mol. The van der Waals surface area contributed by atoms with Crippen molar-refractivity contribution in [1.82, 2.24) is 14.9 Å². The van der Waals surface area contributed by atoms with Gasteiger partial charge < -0.3 is 14.5 Å². The van der Waals surface area contributed by atoms with Crippen LogP contribution in [0.15, 0.2) is 6.20 Å². The summed E-state index contributed by atoms with van der Waals surface area (Å²) in [5.74, 6) is 1.46. The van der Waals surface area contributed by atoms with Gasteiger partial charge in [-0.2, -0.15) is 0 Å². The molecule has 1 amide bonds. The fourth-order valence-corrected chi connectivity index (χ4v) is 3.03. The number of nitrogens with zero attached hydrogens (tertiary/aromatic N) is 4. The Hall–Kier alpha value is -1.69. The lowest BCUT2D eigenvalue weighted by molar-refractivity contribution is 0.0718. The van der Waals surface area contributed by atoms with Crippen LogP contribution in [0.5, 0.6) is 0 Å². The van der Waals surface area contributed by atoms with E-state index in [0.29, 0.717) is 31.2 Å². The first-order valence-electron chi connectivity index (χ1n) is 7.58. The molecule has 0 aromatic carbocycles. The molecule has 1 unspecified atom stereocenters. The van der Waals surface area contributed by atoms with E-state index in [-0.39, 0.29) is 5.91 Å². The van der Waals surface area contributed by atoms with Gasteiger partial charge in [0, 0.05) is 32.9 Å². The number of ether oxygens (including phenoxy) is 1. The predicted octanol–water partition coefficient (Wildman–Crippen LogP) is 1.32. The second-order valence-electron chi connectivity index (χ2n) is 5.94. The average molecular weight is 290 g/mol. The molecule has 6 heteroatoms. The minimum atomic E-state index is 0.0145. The summed E-state index contributed by atoms with van der Waals surface area (Å²) in [5.41, 5.74) is 1.49. The molecule has 0 bridgehead atoms. The highest BCUT2D eigenvalue weighted by atomic mass is 16.5. The molecule has 6 nitrogen and oxygen atoms in total. The molecule has 0 spiro atoms. The minimum Gasteiger partial charge on any atom is -0.383 e. The molecule has 114 valence electrons. The maximum Gasteiger partial charge on any atom is 0.257 e. The van der Waals surface area contributed by atoms with Crippen molar-refractivity contribution in [2.24, 2.45) is 5.92 Å². The van der Waals surface area contributed by atoms with Crippen LogP contribution in [0.1, 0.15) is 35.8 Å². The molecule has 1 aromatic heterocycles. The standard InChI is InChI=1S/C15H22N4O2/c1-11-4-3-5-19(9-11)15-16-8-12-13(17-15)10-18(14(12)20)6-7-21-2/h8,11H,3-7,9-10H2,1-2H3. The number of fused-ring (bicyclic) bond motifs is 1. The summed E-state index contributed by atoms with van der Waals surface area (Å²) in [6.45, 7) is 5.97. The predicted molar refractivity (Wildman–Crippen MR) is 79.3 cm³/mol. The molecule has 21 heavy (non-hydrogen) atoms. The molecule has 2 aliphatic rings. The van der Waals surface area contributed by atoms with Crippen LogP contribution in [0.3, 0.4) is 0 Å². The number of hydrogen-bond acceptors (Lipinski definition) is 5. The van der Waals surface area contributed by atoms with Gasteiger partial charge >= 0.3 is 0 Å². The molecular formula is C15H22N4O2. The number of methoxy groups -OCH3 is 1. The van der Waals surface area contributed by atoms with Crippen molar-refractivity contribution in [3.05, 3.63) is 17.5 Å². The third-order valence-electron chi connectivity index (χ3n) is 4.22. The van der Waals surface area contributed by atoms with Crippen molar-refractivity contribution < 1.29 is 9.53 Å². The zero-order valence-electron chi connectivity index (χ0n) is 12.7. The van der Waals surface area contributed by atoms with Crippen LogP contribution in [-0.4, -0.2) is 54.1 Å². The molecule has 2 aliphatic heterocycles. The van der Waals surface area contributed by atoms with Crippen molar-refractivity contribution in [3.8, 4) is 0 Å². The third kappa shape index (κ3) is 2.85. The Morgan fingerprint density at radius 3 is 3.10 bits per heavy atom. The minimum absolute atomic E-state index is 0.0145. The van der Waals surface area contributed by atoms with Crippen molar-refractivity contribution in [3.63, 3.8) is 0 Å². The lowest BCUT2D eigenvalue weighted by Crippen LogP contribution is -2.35. The van der Waals surface area contributed by atoms with Gasteiger partial charge in [0.05, 0.1) is 24.4 Å². The highest BCUT2D eigenvalue weighted by Crippen LogP contribution is 2.24. The number of hydrogen-bond donors (Lipinski definition) is 0. The zero-order chi connectivity index (χ0) is 14.8. The Labute approximate surface area is 125 Å². The van der Waals surface area contributed by atoms with E-state index >= 15 is 0 Å². The number of rotatable bonds is 4. The quantitative estimate of drug-likeness (QED) is 0.837. The van der Waals surface area contributed by atoms with E-state index in [2.05, 4.69) is 21.8 Å². The van der Waals surface area contributed by atoms with E-state index in [1.54, 1.807) is 18.2 Å². The van der Waals surface area contributed by atoms with E-state index in [1.807, 2.05) is 0 Å². The highest BCUT2D eigenvalue weighted by molar-refractivity contribution is 5.97. The van der Waals surface area contributed by atoms with Crippen molar-refractivity contribution in [2.75, 3.05) is 38.3 Å². The Morgan fingerprint density at radius 2 is 2.33 bits per heavy atom. The number of amides is 1. The van der Waals surface area contributed by atoms with Gasteiger partial charge in [0.1, 0.15) is 0 Å². The molecule has 0 N–H and O–H groups in total. The summed E-state index contributed by atoms with van der Waals surface area (Å²) in [7, 11) is 1.64. The lowest BCUT2D eigenvalue weighted by Gasteiger charge is -2.30. The normalized spacial score (nSPS) is 21.8. The van der Waals surface area contributed by atoms with Crippen LogP contribution in [0, 0.1) is 5.92 Å². The van der Waals surface area contributed by atoms with Crippen LogP contribution in [0.2, 0.25) is 0 Å². The van der Waals surface area contributed by atoms with Crippen LogP contribution < -0.4 is 4.90 Å². The number of piperidine rings is 1. The summed E-state index contributed by atoms with van der Waals surface area (Å²) in [6.07, 6.45) is 4.14. The van der Waals surface area contributed by atoms with Crippen LogP contribution in [-0.2, 0) is 11.3 Å².